The monoisotopic (exact) mass is 198 g/mol. The molecule has 0 unspecified atom stereocenters. The molecule has 0 fully saturated rings. The predicted molar refractivity (Wildman–Crippen MR) is 50.1 cm³/mol. The quantitative estimate of drug-likeness (QED) is 0.801. The van der Waals surface area contributed by atoms with Crippen LogP contribution in [0.2, 0.25) is 0 Å². The molecule has 1 aromatic rings. The van der Waals surface area contributed by atoms with E-state index < -0.39 is 11.4 Å². The molecule has 14 heavy (non-hydrogen) atoms. The second kappa shape index (κ2) is 3.84. The minimum Gasteiger partial charge on any atom is -0.481 e. The lowest BCUT2D eigenvalue weighted by Gasteiger charge is -2.17. The fraction of sp³-hybridized carbons (Fsp3) is 0.500. The fourth-order valence-corrected chi connectivity index (χ4v) is 1.25. The first kappa shape index (κ1) is 10.8. The van der Waals surface area contributed by atoms with Crippen molar-refractivity contribution in [2.75, 3.05) is 7.11 Å². The SMILES string of the molecule is COCc1ccoc1C(C)(C)C(=O)O. The first-order chi connectivity index (χ1) is 6.50. The summed E-state index contributed by atoms with van der Waals surface area (Å²) < 4.78 is 10.1. The second-order valence-electron chi connectivity index (χ2n) is 3.64. The minimum atomic E-state index is -1.02. The van der Waals surface area contributed by atoms with Gasteiger partial charge in [0.25, 0.3) is 0 Å². The van der Waals surface area contributed by atoms with Crippen molar-refractivity contribution in [1.82, 2.24) is 0 Å². The zero-order valence-corrected chi connectivity index (χ0v) is 8.53. The molecule has 1 rings (SSSR count). The molecular weight excluding hydrogens is 184 g/mol. The molecule has 4 heteroatoms. The zero-order chi connectivity index (χ0) is 10.8. The van der Waals surface area contributed by atoms with Crippen molar-refractivity contribution in [3.8, 4) is 0 Å². The summed E-state index contributed by atoms with van der Waals surface area (Å²) in [7, 11) is 1.56. The molecule has 0 atom stereocenters. The number of carboxylic acid groups (broad SMARTS) is 1. The van der Waals surface area contributed by atoms with Crippen LogP contribution < -0.4 is 0 Å². The van der Waals surface area contributed by atoms with Crippen LogP contribution in [0.15, 0.2) is 16.7 Å². The number of carbonyl (C=O) groups is 1. The molecule has 1 aromatic heterocycles. The average Bonchev–Trinajstić information content (AvgIpc) is 2.53. The van der Waals surface area contributed by atoms with Gasteiger partial charge in [-0.3, -0.25) is 4.79 Å². The van der Waals surface area contributed by atoms with Crippen LogP contribution in [0, 0.1) is 0 Å². The number of carboxylic acids is 1. The third kappa shape index (κ3) is 1.80. The summed E-state index contributed by atoms with van der Waals surface area (Å²) in [6, 6.07) is 1.73. The van der Waals surface area contributed by atoms with Crippen LogP contribution in [0.25, 0.3) is 0 Å². The molecule has 0 radical (unpaired) electrons. The van der Waals surface area contributed by atoms with E-state index in [1.807, 2.05) is 0 Å². The van der Waals surface area contributed by atoms with Crippen LogP contribution in [-0.2, 0) is 21.6 Å². The molecule has 1 N–H and O–H groups in total. The molecule has 0 saturated heterocycles. The van der Waals surface area contributed by atoms with Crippen molar-refractivity contribution < 1.29 is 19.1 Å². The predicted octanol–water partition coefficient (Wildman–Crippen LogP) is 1.79. The summed E-state index contributed by atoms with van der Waals surface area (Å²) in [4.78, 5) is 11.0. The van der Waals surface area contributed by atoms with Gasteiger partial charge in [0, 0.05) is 12.7 Å². The Morgan fingerprint density at radius 2 is 2.29 bits per heavy atom. The largest absolute Gasteiger partial charge is 0.481 e. The van der Waals surface area contributed by atoms with E-state index in [0.717, 1.165) is 5.56 Å². The number of hydrogen-bond acceptors (Lipinski definition) is 3. The highest BCUT2D eigenvalue weighted by Gasteiger charge is 2.34. The van der Waals surface area contributed by atoms with Crippen LogP contribution in [-0.4, -0.2) is 18.2 Å². The molecule has 4 nitrogen and oxygen atoms in total. The first-order valence-corrected chi connectivity index (χ1v) is 4.29. The van der Waals surface area contributed by atoms with Crippen LogP contribution >= 0.6 is 0 Å². The van der Waals surface area contributed by atoms with Crippen molar-refractivity contribution >= 4 is 5.97 Å². The third-order valence-corrected chi connectivity index (χ3v) is 2.15. The Labute approximate surface area is 82.5 Å². The highest BCUT2D eigenvalue weighted by Crippen LogP contribution is 2.28. The second-order valence-corrected chi connectivity index (χ2v) is 3.64. The van der Waals surface area contributed by atoms with Crippen LogP contribution in [0.5, 0.6) is 0 Å². The van der Waals surface area contributed by atoms with E-state index in [-0.39, 0.29) is 0 Å². The van der Waals surface area contributed by atoms with Crippen LogP contribution in [0.3, 0.4) is 0 Å². The lowest BCUT2D eigenvalue weighted by Crippen LogP contribution is -2.29. The minimum absolute atomic E-state index is 0.364. The summed E-state index contributed by atoms with van der Waals surface area (Å²) in [5.74, 6) is -0.461. The van der Waals surface area contributed by atoms with E-state index in [4.69, 9.17) is 14.3 Å². The van der Waals surface area contributed by atoms with Crippen LogP contribution in [0.4, 0.5) is 0 Å². The zero-order valence-electron chi connectivity index (χ0n) is 8.53. The van der Waals surface area contributed by atoms with E-state index >= 15 is 0 Å². The van der Waals surface area contributed by atoms with Crippen molar-refractivity contribution in [2.45, 2.75) is 25.9 Å². The topological polar surface area (TPSA) is 59.7 Å². The van der Waals surface area contributed by atoms with Gasteiger partial charge >= 0.3 is 5.97 Å². The first-order valence-electron chi connectivity index (χ1n) is 4.29. The molecular formula is C10H14O4. The lowest BCUT2D eigenvalue weighted by molar-refractivity contribution is -0.143. The molecule has 0 bridgehead atoms. The maximum Gasteiger partial charge on any atom is 0.316 e. The number of rotatable bonds is 4. The molecule has 0 aliphatic rings. The van der Waals surface area contributed by atoms with Crippen molar-refractivity contribution in [3.05, 3.63) is 23.7 Å². The Hall–Kier alpha value is -1.29. The Morgan fingerprint density at radius 3 is 2.79 bits per heavy atom. The molecule has 0 saturated carbocycles. The van der Waals surface area contributed by atoms with E-state index in [9.17, 15) is 4.79 Å². The van der Waals surface area contributed by atoms with E-state index in [0.29, 0.717) is 12.4 Å². The summed E-state index contributed by atoms with van der Waals surface area (Å²) in [5, 5.41) is 9.00. The number of ether oxygens (including phenoxy) is 1. The Morgan fingerprint density at radius 1 is 1.64 bits per heavy atom. The highest BCUT2D eigenvalue weighted by molar-refractivity contribution is 5.79. The van der Waals surface area contributed by atoms with Gasteiger partial charge < -0.3 is 14.3 Å². The smallest absolute Gasteiger partial charge is 0.316 e. The summed E-state index contributed by atoms with van der Waals surface area (Å²) in [6.07, 6.45) is 1.48. The molecule has 0 spiro atoms. The van der Waals surface area contributed by atoms with E-state index in [2.05, 4.69) is 0 Å². The van der Waals surface area contributed by atoms with Crippen molar-refractivity contribution in [2.24, 2.45) is 0 Å². The fourth-order valence-electron chi connectivity index (χ4n) is 1.25. The molecule has 0 amide bonds. The van der Waals surface area contributed by atoms with Crippen LogP contribution in [0.1, 0.15) is 25.2 Å². The van der Waals surface area contributed by atoms with E-state index in [1.165, 1.54) is 6.26 Å². The van der Waals surface area contributed by atoms with Crippen molar-refractivity contribution in [3.63, 3.8) is 0 Å². The van der Waals surface area contributed by atoms with Gasteiger partial charge in [0.05, 0.1) is 12.9 Å². The van der Waals surface area contributed by atoms with Gasteiger partial charge in [0.2, 0.25) is 0 Å². The maximum atomic E-state index is 11.0. The molecule has 0 aliphatic carbocycles. The summed E-state index contributed by atoms with van der Waals surface area (Å²) in [5.41, 5.74) is -0.239. The number of aliphatic carboxylic acids is 1. The maximum absolute atomic E-state index is 11.0. The van der Waals surface area contributed by atoms with Gasteiger partial charge in [-0.05, 0) is 19.9 Å². The molecule has 0 aromatic carbocycles. The number of furan rings is 1. The van der Waals surface area contributed by atoms with E-state index in [1.54, 1.807) is 27.0 Å². The Bertz CT molecular complexity index is 325. The van der Waals surface area contributed by atoms with Gasteiger partial charge in [-0.15, -0.1) is 0 Å². The van der Waals surface area contributed by atoms with Gasteiger partial charge in [-0.1, -0.05) is 0 Å². The molecule has 1 heterocycles. The van der Waals surface area contributed by atoms with Gasteiger partial charge in [-0.2, -0.15) is 0 Å². The average molecular weight is 198 g/mol. The molecule has 78 valence electrons. The Kier molecular flexibility index (Phi) is 2.96. The van der Waals surface area contributed by atoms with Gasteiger partial charge in [0.15, 0.2) is 0 Å². The normalized spacial score (nSPS) is 11.6. The molecule has 0 aliphatic heterocycles. The lowest BCUT2D eigenvalue weighted by atomic mass is 9.88. The highest BCUT2D eigenvalue weighted by atomic mass is 16.5. The Balaban J connectivity index is 3.05. The summed E-state index contributed by atoms with van der Waals surface area (Å²) >= 11 is 0. The van der Waals surface area contributed by atoms with Crippen molar-refractivity contribution in [1.29, 1.82) is 0 Å². The third-order valence-electron chi connectivity index (χ3n) is 2.15. The standard InChI is InChI=1S/C10H14O4/c1-10(2,9(11)12)8-7(6-13-3)4-5-14-8/h4-5H,6H2,1-3H3,(H,11,12). The summed E-state index contributed by atoms with van der Waals surface area (Å²) in [6.45, 7) is 3.57. The number of hydrogen-bond donors (Lipinski definition) is 1. The van der Waals surface area contributed by atoms with Gasteiger partial charge in [0.1, 0.15) is 11.2 Å². The number of methoxy groups -OCH3 is 1. The van der Waals surface area contributed by atoms with Gasteiger partial charge in [-0.25, -0.2) is 0 Å².